The molecule has 3 aromatic rings. The number of benzene rings is 2. The fourth-order valence-electron chi connectivity index (χ4n) is 3.74. The number of rotatable bonds is 5. The molecule has 156 valence electrons. The molecule has 0 fully saturated rings. The van der Waals surface area contributed by atoms with Crippen LogP contribution < -0.4 is 10.2 Å². The van der Waals surface area contributed by atoms with Crippen LogP contribution in [0.15, 0.2) is 50.1 Å². The minimum Gasteiger partial charge on any atom is -0.504 e. The quantitative estimate of drug-likeness (QED) is 0.612. The first-order chi connectivity index (χ1) is 14.3. The Morgan fingerprint density at radius 3 is 2.67 bits per heavy atom. The number of nitrogens with zero attached hydrogens (tertiary/aromatic N) is 2. The number of hydrogen-bond donors (Lipinski definition) is 1. The summed E-state index contributed by atoms with van der Waals surface area (Å²) in [5, 5.41) is 10.4. The molecule has 30 heavy (non-hydrogen) atoms. The van der Waals surface area contributed by atoms with E-state index in [1.54, 1.807) is 35.2 Å². The molecule has 0 saturated heterocycles. The van der Waals surface area contributed by atoms with E-state index in [4.69, 9.17) is 9.15 Å². The number of hydrogen-bond acceptors (Lipinski definition) is 6. The van der Waals surface area contributed by atoms with Crippen molar-refractivity contribution in [2.24, 2.45) is 0 Å². The van der Waals surface area contributed by atoms with Gasteiger partial charge in [-0.25, -0.2) is 0 Å². The molecule has 0 spiro atoms. The first kappa shape index (κ1) is 20.4. The van der Waals surface area contributed by atoms with E-state index in [1.807, 2.05) is 19.0 Å². The first-order valence-electron chi connectivity index (χ1n) is 9.40. The number of ether oxygens (including phenoxy) is 1. The van der Waals surface area contributed by atoms with Crippen molar-refractivity contribution in [1.29, 1.82) is 0 Å². The van der Waals surface area contributed by atoms with Crippen LogP contribution in [-0.2, 0) is 0 Å². The molecule has 4 rings (SSSR count). The third-order valence-corrected chi connectivity index (χ3v) is 5.73. The van der Waals surface area contributed by atoms with Gasteiger partial charge in [-0.2, -0.15) is 0 Å². The lowest BCUT2D eigenvalue weighted by Gasteiger charge is -2.26. The lowest BCUT2D eigenvalue weighted by atomic mass is 9.98. The highest BCUT2D eigenvalue weighted by Gasteiger charge is 2.42. The lowest BCUT2D eigenvalue weighted by Crippen LogP contribution is -2.35. The van der Waals surface area contributed by atoms with E-state index in [0.29, 0.717) is 35.2 Å². The Hall–Kier alpha value is -2.84. The topological polar surface area (TPSA) is 83.2 Å². The van der Waals surface area contributed by atoms with Crippen molar-refractivity contribution >= 4 is 32.8 Å². The molecule has 0 bridgehead atoms. The van der Waals surface area contributed by atoms with Crippen LogP contribution in [-0.4, -0.2) is 55.1 Å². The number of likely N-dealkylation sites (N-methyl/N-ethyl adjacent to an activating group) is 1. The molecule has 0 aliphatic carbocycles. The van der Waals surface area contributed by atoms with Crippen LogP contribution in [0.4, 0.5) is 0 Å². The molecule has 2 heterocycles. The maximum Gasteiger partial charge on any atom is 0.290 e. The molecule has 2 aromatic carbocycles. The maximum atomic E-state index is 13.5. The summed E-state index contributed by atoms with van der Waals surface area (Å²) in [6, 6.07) is 9.34. The molecule has 0 saturated carbocycles. The minimum absolute atomic E-state index is 0.0138. The van der Waals surface area contributed by atoms with Crippen molar-refractivity contribution < 1.29 is 19.1 Å². The van der Waals surface area contributed by atoms with E-state index in [2.05, 4.69) is 15.9 Å². The number of halogens is 1. The van der Waals surface area contributed by atoms with Crippen LogP contribution in [0, 0.1) is 0 Å². The van der Waals surface area contributed by atoms with Crippen molar-refractivity contribution in [2.45, 2.75) is 6.04 Å². The standard InChI is InChI=1S/C22H21BrN2O5/c1-24(2)8-9-25-19(12-4-6-15(26)17(10-12)29-3)18-20(27)14-11-13(23)5-7-16(14)30-21(18)22(25)28/h4-7,10-11,19,26H,8-9H2,1-3H3. The number of carbonyl (C=O) groups is 1. The number of carbonyl (C=O) groups excluding carboxylic acids is 1. The van der Waals surface area contributed by atoms with Crippen LogP contribution in [0.5, 0.6) is 11.5 Å². The highest BCUT2D eigenvalue weighted by molar-refractivity contribution is 9.10. The van der Waals surface area contributed by atoms with E-state index in [0.717, 1.165) is 4.47 Å². The zero-order valence-electron chi connectivity index (χ0n) is 16.8. The molecule has 1 aromatic heterocycles. The monoisotopic (exact) mass is 472 g/mol. The number of methoxy groups -OCH3 is 1. The summed E-state index contributed by atoms with van der Waals surface area (Å²) in [5.41, 5.74) is 1.09. The number of fused-ring (bicyclic) bond motifs is 2. The number of aromatic hydroxyl groups is 1. The SMILES string of the molecule is COc1cc(C2c3c(oc4ccc(Br)cc4c3=O)C(=O)N2CCN(C)C)ccc1O. The van der Waals surface area contributed by atoms with E-state index >= 15 is 0 Å². The first-order valence-corrected chi connectivity index (χ1v) is 10.2. The molecule has 8 heteroatoms. The summed E-state index contributed by atoms with van der Waals surface area (Å²) in [5.74, 6) is -0.00886. The second-order valence-corrected chi connectivity index (χ2v) is 8.37. The highest BCUT2D eigenvalue weighted by Crippen LogP contribution is 2.40. The van der Waals surface area contributed by atoms with E-state index in [1.165, 1.54) is 13.2 Å². The van der Waals surface area contributed by atoms with Gasteiger partial charge in [-0.1, -0.05) is 22.0 Å². The Bertz CT molecular complexity index is 1200. The van der Waals surface area contributed by atoms with Crippen LogP contribution in [0.3, 0.4) is 0 Å². The van der Waals surface area contributed by atoms with Crippen LogP contribution in [0.2, 0.25) is 0 Å². The largest absolute Gasteiger partial charge is 0.504 e. The molecule has 1 N–H and O–H groups in total. The Morgan fingerprint density at radius 2 is 1.97 bits per heavy atom. The second-order valence-electron chi connectivity index (χ2n) is 7.45. The lowest BCUT2D eigenvalue weighted by molar-refractivity contribution is 0.0716. The molecule has 0 radical (unpaired) electrons. The summed E-state index contributed by atoms with van der Waals surface area (Å²) in [7, 11) is 5.29. The zero-order chi connectivity index (χ0) is 21.6. The summed E-state index contributed by atoms with van der Waals surface area (Å²) in [6.07, 6.45) is 0. The number of amides is 1. The van der Waals surface area contributed by atoms with Gasteiger partial charge in [0, 0.05) is 17.6 Å². The van der Waals surface area contributed by atoms with Gasteiger partial charge in [0.05, 0.1) is 24.1 Å². The van der Waals surface area contributed by atoms with Gasteiger partial charge in [-0.15, -0.1) is 0 Å². The predicted molar refractivity (Wildman–Crippen MR) is 116 cm³/mol. The number of phenolic OH excluding ortho intramolecular Hbond substituents is 1. The van der Waals surface area contributed by atoms with Crippen LogP contribution in [0.25, 0.3) is 11.0 Å². The van der Waals surface area contributed by atoms with E-state index in [-0.39, 0.29) is 28.6 Å². The molecule has 7 nitrogen and oxygen atoms in total. The van der Waals surface area contributed by atoms with Crippen LogP contribution >= 0.6 is 15.9 Å². The van der Waals surface area contributed by atoms with Crippen molar-refractivity contribution in [3.8, 4) is 11.5 Å². The Morgan fingerprint density at radius 1 is 1.20 bits per heavy atom. The van der Waals surface area contributed by atoms with Gasteiger partial charge in [0.15, 0.2) is 16.9 Å². The van der Waals surface area contributed by atoms with Gasteiger partial charge in [-0.05, 0) is 50.0 Å². The average Bonchev–Trinajstić information content (AvgIpc) is 2.99. The third kappa shape index (κ3) is 3.36. The van der Waals surface area contributed by atoms with E-state index < -0.39 is 6.04 Å². The van der Waals surface area contributed by atoms with Crippen molar-refractivity contribution in [3.05, 3.63) is 68.0 Å². The molecule has 1 aliphatic rings. The van der Waals surface area contributed by atoms with Gasteiger partial charge in [0.1, 0.15) is 5.58 Å². The maximum absolute atomic E-state index is 13.5. The van der Waals surface area contributed by atoms with Gasteiger partial charge < -0.3 is 24.1 Å². The van der Waals surface area contributed by atoms with Crippen molar-refractivity contribution in [1.82, 2.24) is 9.80 Å². The summed E-state index contributed by atoms with van der Waals surface area (Å²) in [6.45, 7) is 1.02. The van der Waals surface area contributed by atoms with Gasteiger partial charge >= 0.3 is 0 Å². The summed E-state index contributed by atoms with van der Waals surface area (Å²) >= 11 is 3.39. The normalized spacial score (nSPS) is 15.8. The van der Waals surface area contributed by atoms with Crippen LogP contribution in [0.1, 0.15) is 27.7 Å². The minimum atomic E-state index is -0.637. The zero-order valence-corrected chi connectivity index (χ0v) is 18.4. The number of phenols is 1. The van der Waals surface area contributed by atoms with Gasteiger partial charge in [0.2, 0.25) is 5.76 Å². The fraction of sp³-hybridized carbons (Fsp3) is 0.273. The molecule has 1 unspecified atom stereocenters. The van der Waals surface area contributed by atoms with Gasteiger partial charge in [0.25, 0.3) is 5.91 Å². The highest BCUT2D eigenvalue weighted by atomic mass is 79.9. The third-order valence-electron chi connectivity index (χ3n) is 5.24. The molecular weight excluding hydrogens is 452 g/mol. The van der Waals surface area contributed by atoms with Gasteiger partial charge in [-0.3, -0.25) is 9.59 Å². The molecule has 1 amide bonds. The molecular formula is C22H21BrN2O5. The Balaban J connectivity index is 1.96. The van der Waals surface area contributed by atoms with Crippen molar-refractivity contribution in [2.75, 3.05) is 34.3 Å². The average molecular weight is 473 g/mol. The summed E-state index contributed by atoms with van der Waals surface area (Å²) in [4.78, 5) is 30.3. The fourth-order valence-corrected chi connectivity index (χ4v) is 4.10. The Labute approximate surface area is 181 Å². The van der Waals surface area contributed by atoms with Crippen molar-refractivity contribution in [3.63, 3.8) is 0 Å². The molecule has 1 atom stereocenters. The Kier molecular flexibility index (Phi) is 5.29. The molecule has 1 aliphatic heterocycles. The predicted octanol–water partition coefficient (Wildman–Crippen LogP) is 3.38. The smallest absolute Gasteiger partial charge is 0.290 e. The van der Waals surface area contributed by atoms with E-state index in [9.17, 15) is 14.7 Å². The second kappa shape index (κ2) is 7.77. The summed E-state index contributed by atoms with van der Waals surface area (Å²) < 4.78 is 11.9.